The molecule has 1 aromatic carbocycles. The third-order valence-corrected chi connectivity index (χ3v) is 2.52. The molecule has 4 heteroatoms. The van der Waals surface area contributed by atoms with Crippen LogP contribution in [0.4, 0.5) is 4.39 Å². The molecule has 0 saturated carbocycles. The Morgan fingerprint density at radius 3 is 2.56 bits per heavy atom. The van der Waals surface area contributed by atoms with Crippen LogP contribution in [0.1, 0.15) is 5.56 Å². The highest BCUT2D eigenvalue weighted by Gasteiger charge is 2.04. The Morgan fingerprint density at radius 2 is 1.94 bits per heavy atom. The van der Waals surface area contributed by atoms with Gasteiger partial charge in [-0.2, -0.15) is 5.26 Å². The van der Waals surface area contributed by atoms with Gasteiger partial charge in [0.1, 0.15) is 16.5 Å². The second-order valence-corrected chi connectivity index (χ2v) is 3.61. The van der Waals surface area contributed by atoms with E-state index in [1.54, 1.807) is 30.3 Å². The quantitative estimate of drug-likeness (QED) is 0.762. The molecule has 0 aliphatic heterocycles. The van der Waals surface area contributed by atoms with Gasteiger partial charge in [0.25, 0.3) is 0 Å². The predicted molar refractivity (Wildman–Crippen MR) is 61.7 cm³/mol. The average Bonchev–Trinajstić information content (AvgIpc) is 2.29. The maximum Gasteiger partial charge on any atom is 0.132 e. The van der Waals surface area contributed by atoms with Gasteiger partial charge in [-0.15, -0.1) is 0 Å². The Bertz CT molecular complexity index is 625. The third-order valence-electron chi connectivity index (χ3n) is 2.19. The summed E-state index contributed by atoms with van der Waals surface area (Å²) in [7, 11) is 0. The standard InChI is InChI=1S/C12H7FN2S/c13-10-4-2-1-3-9(10)11-6-5-8(7-14)12(16)15-11/h1-6H,(H,15,16). The van der Waals surface area contributed by atoms with Crippen LogP contribution in [0.25, 0.3) is 11.3 Å². The SMILES string of the molecule is N#Cc1ccc(-c2ccccc2F)[nH]c1=S. The van der Waals surface area contributed by atoms with Crippen LogP contribution < -0.4 is 0 Å². The highest BCUT2D eigenvalue weighted by atomic mass is 32.1. The molecule has 0 radical (unpaired) electrons. The number of H-pyrrole nitrogens is 1. The summed E-state index contributed by atoms with van der Waals surface area (Å²) in [5.41, 5.74) is 1.40. The largest absolute Gasteiger partial charge is 0.345 e. The van der Waals surface area contributed by atoms with Gasteiger partial charge in [-0.3, -0.25) is 0 Å². The van der Waals surface area contributed by atoms with E-state index in [0.717, 1.165) is 0 Å². The normalized spacial score (nSPS) is 9.75. The van der Waals surface area contributed by atoms with Gasteiger partial charge in [-0.1, -0.05) is 24.4 Å². The van der Waals surface area contributed by atoms with Crippen molar-refractivity contribution >= 4 is 12.2 Å². The van der Waals surface area contributed by atoms with Gasteiger partial charge in [0.05, 0.1) is 5.56 Å². The van der Waals surface area contributed by atoms with Crippen molar-refractivity contribution in [2.75, 3.05) is 0 Å². The summed E-state index contributed by atoms with van der Waals surface area (Å²) >= 11 is 4.98. The Hall–Kier alpha value is -1.99. The Balaban J connectivity index is 2.60. The van der Waals surface area contributed by atoms with E-state index >= 15 is 0 Å². The van der Waals surface area contributed by atoms with E-state index < -0.39 is 0 Å². The van der Waals surface area contributed by atoms with Gasteiger partial charge in [-0.05, 0) is 24.3 Å². The van der Waals surface area contributed by atoms with Crippen LogP contribution in [-0.2, 0) is 0 Å². The molecular formula is C12H7FN2S. The zero-order chi connectivity index (χ0) is 11.5. The van der Waals surface area contributed by atoms with Crippen molar-refractivity contribution in [2.24, 2.45) is 0 Å². The molecule has 0 aliphatic carbocycles. The molecule has 0 bridgehead atoms. The van der Waals surface area contributed by atoms with Crippen molar-refractivity contribution in [2.45, 2.75) is 0 Å². The number of nitrogens with one attached hydrogen (secondary N) is 1. The fraction of sp³-hybridized carbons (Fsp3) is 0. The highest BCUT2D eigenvalue weighted by Crippen LogP contribution is 2.20. The molecule has 1 aromatic heterocycles. The lowest BCUT2D eigenvalue weighted by molar-refractivity contribution is 0.630. The summed E-state index contributed by atoms with van der Waals surface area (Å²) in [5, 5.41) is 8.72. The van der Waals surface area contributed by atoms with Gasteiger partial charge in [0.15, 0.2) is 0 Å². The van der Waals surface area contributed by atoms with Crippen LogP contribution in [0.15, 0.2) is 36.4 Å². The molecule has 0 saturated heterocycles. The molecule has 0 fully saturated rings. The van der Waals surface area contributed by atoms with Gasteiger partial charge >= 0.3 is 0 Å². The molecule has 1 heterocycles. The third kappa shape index (κ3) is 1.86. The molecular weight excluding hydrogens is 223 g/mol. The van der Waals surface area contributed by atoms with Crippen molar-refractivity contribution in [1.82, 2.24) is 4.98 Å². The molecule has 0 aliphatic rings. The molecule has 0 unspecified atom stereocenters. The van der Waals surface area contributed by atoms with Crippen LogP contribution in [0, 0.1) is 21.8 Å². The van der Waals surface area contributed by atoms with Crippen molar-refractivity contribution in [1.29, 1.82) is 5.26 Å². The number of hydrogen-bond acceptors (Lipinski definition) is 2. The summed E-state index contributed by atoms with van der Waals surface area (Å²) in [5.74, 6) is -0.321. The maximum atomic E-state index is 13.5. The van der Waals surface area contributed by atoms with E-state index in [-0.39, 0.29) is 5.82 Å². The van der Waals surface area contributed by atoms with Crippen molar-refractivity contribution < 1.29 is 4.39 Å². The van der Waals surface area contributed by atoms with Gasteiger partial charge in [0.2, 0.25) is 0 Å². The first kappa shape index (κ1) is 10.5. The van der Waals surface area contributed by atoms with E-state index in [0.29, 0.717) is 21.5 Å². The molecule has 16 heavy (non-hydrogen) atoms. The first-order valence-corrected chi connectivity index (χ1v) is 5.01. The second-order valence-electron chi connectivity index (χ2n) is 3.21. The van der Waals surface area contributed by atoms with E-state index in [1.165, 1.54) is 6.07 Å². The monoisotopic (exact) mass is 230 g/mol. The molecule has 1 N–H and O–H groups in total. The number of halogens is 1. The first-order chi connectivity index (χ1) is 7.72. The minimum absolute atomic E-state index is 0.321. The van der Waals surface area contributed by atoms with Crippen LogP contribution in [-0.4, -0.2) is 4.98 Å². The minimum Gasteiger partial charge on any atom is -0.345 e. The number of nitrogens with zero attached hydrogens (tertiary/aromatic N) is 1. The number of pyridine rings is 1. The second kappa shape index (κ2) is 4.25. The fourth-order valence-corrected chi connectivity index (χ4v) is 1.62. The lowest BCUT2D eigenvalue weighted by Gasteiger charge is -2.03. The molecule has 0 spiro atoms. The highest BCUT2D eigenvalue weighted by molar-refractivity contribution is 7.71. The Labute approximate surface area is 97.0 Å². The molecule has 2 rings (SSSR count). The zero-order valence-corrected chi connectivity index (χ0v) is 9.01. The van der Waals surface area contributed by atoms with Crippen molar-refractivity contribution in [3.63, 3.8) is 0 Å². The zero-order valence-electron chi connectivity index (χ0n) is 8.20. The lowest BCUT2D eigenvalue weighted by Crippen LogP contribution is -1.89. The van der Waals surface area contributed by atoms with E-state index in [1.807, 2.05) is 6.07 Å². The van der Waals surface area contributed by atoms with Crippen LogP contribution in [0.2, 0.25) is 0 Å². The number of aromatic nitrogens is 1. The van der Waals surface area contributed by atoms with Crippen molar-refractivity contribution in [3.8, 4) is 17.3 Å². The first-order valence-electron chi connectivity index (χ1n) is 4.60. The summed E-state index contributed by atoms with van der Waals surface area (Å²) in [6, 6.07) is 11.6. The van der Waals surface area contributed by atoms with E-state index in [4.69, 9.17) is 17.5 Å². The van der Waals surface area contributed by atoms with E-state index in [9.17, 15) is 4.39 Å². The molecule has 2 aromatic rings. The van der Waals surface area contributed by atoms with Gasteiger partial charge < -0.3 is 4.98 Å². The summed E-state index contributed by atoms with van der Waals surface area (Å²) in [6.07, 6.45) is 0. The van der Waals surface area contributed by atoms with Crippen LogP contribution in [0.3, 0.4) is 0 Å². The molecule has 0 amide bonds. The van der Waals surface area contributed by atoms with Crippen LogP contribution in [0.5, 0.6) is 0 Å². The van der Waals surface area contributed by atoms with Crippen LogP contribution >= 0.6 is 12.2 Å². The topological polar surface area (TPSA) is 39.6 Å². The maximum absolute atomic E-state index is 13.5. The Morgan fingerprint density at radius 1 is 1.19 bits per heavy atom. The van der Waals surface area contributed by atoms with Gasteiger partial charge in [-0.25, -0.2) is 4.39 Å². The lowest BCUT2D eigenvalue weighted by atomic mass is 10.1. The van der Waals surface area contributed by atoms with Crippen molar-refractivity contribution in [3.05, 3.63) is 52.4 Å². The smallest absolute Gasteiger partial charge is 0.132 e. The number of nitriles is 1. The Kier molecular flexibility index (Phi) is 2.80. The average molecular weight is 230 g/mol. The van der Waals surface area contributed by atoms with Gasteiger partial charge in [0, 0.05) is 11.3 Å². The fourth-order valence-electron chi connectivity index (χ4n) is 1.40. The molecule has 78 valence electrons. The minimum atomic E-state index is -0.321. The molecule has 0 atom stereocenters. The number of benzene rings is 1. The molecule has 2 nitrogen and oxygen atoms in total. The number of hydrogen-bond donors (Lipinski definition) is 1. The number of aromatic amines is 1. The summed E-state index contributed by atoms with van der Waals surface area (Å²) in [6.45, 7) is 0. The number of rotatable bonds is 1. The predicted octanol–water partition coefficient (Wildman–Crippen LogP) is 3.42. The summed E-state index contributed by atoms with van der Waals surface area (Å²) in [4.78, 5) is 2.84. The van der Waals surface area contributed by atoms with E-state index in [2.05, 4.69) is 4.98 Å². The summed E-state index contributed by atoms with van der Waals surface area (Å²) < 4.78 is 13.8.